The van der Waals surface area contributed by atoms with Crippen molar-refractivity contribution in [1.82, 2.24) is 4.98 Å². The third kappa shape index (κ3) is 2.91. The second kappa shape index (κ2) is 5.98. The lowest BCUT2D eigenvalue weighted by molar-refractivity contribution is 0.415. The predicted molar refractivity (Wildman–Crippen MR) is 86.7 cm³/mol. The maximum atomic E-state index is 6.29. The lowest BCUT2D eigenvalue weighted by Gasteiger charge is -2.08. The molecular formula is C18H14ClNO. The fourth-order valence-electron chi connectivity index (χ4n) is 2.22. The van der Waals surface area contributed by atoms with Crippen LogP contribution in [-0.2, 0) is 0 Å². The van der Waals surface area contributed by atoms with E-state index in [1.54, 1.807) is 13.3 Å². The molecule has 2 aromatic carbocycles. The van der Waals surface area contributed by atoms with E-state index in [1.807, 2.05) is 60.7 Å². The first kappa shape index (κ1) is 13.7. The van der Waals surface area contributed by atoms with Crippen LogP contribution in [0.15, 0.2) is 66.9 Å². The second-order valence-electron chi connectivity index (χ2n) is 4.65. The van der Waals surface area contributed by atoms with E-state index < -0.39 is 0 Å². The molecule has 0 unspecified atom stereocenters. The van der Waals surface area contributed by atoms with E-state index in [-0.39, 0.29) is 0 Å². The molecule has 2 nitrogen and oxygen atoms in total. The largest absolute Gasteiger partial charge is 0.497 e. The van der Waals surface area contributed by atoms with Gasteiger partial charge in [-0.2, -0.15) is 0 Å². The Morgan fingerprint density at radius 1 is 0.905 bits per heavy atom. The van der Waals surface area contributed by atoms with Gasteiger partial charge in [0, 0.05) is 17.3 Å². The van der Waals surface area contributed by atoms with Crippen LogP contribution in [0.1, 0.15) is 0 Å². The molecule has 0 saturated heterocycles. The number of halogens is 1. The molecule has 0 radical (unpaired) electrons. The van der Waals surface area contributed by atoms with Crippen molar-refractivity contribution >= 4 is 11.6 Å². The number of hydrogen-bond acceptors (Lipinski definition) is 2. The van der Waals surface area contributed by atoms with Gasteiger partial charge in [-0.25, -0.2) is 0 Å². The molecule has 0 aliphatic heterocycles. The van der Waals surface area contributed by atoms with Gasteiger partial charge in [0.15, 0.2) is 0 Å². The molecule has 1 aromatic heterocycles. The Balaban J connectivity index is 2.09. The lowest BCUT2D eigenvalue weighted by Crippen LogP contribution is -1.88. The molecule has 3 rings (SSSR count). The summed E-state index contributed by atoms with van der Waals surface area (Å²) in [7, 11) is 1.66. The minimum atomic E-state index is 0.646. The summed E-state index contributed by atoms with van der Waals surface area (Å²) in [6.07, 6.45) is 1.69. The number of hydrogen-bond donors (Lipinski definition) is 0. The number of nitrogens with zero attached hydrogens (tertiary/aromatic N) is 1. The van der Waals surface area contributed by atoms with Crippen molar-refractivity contribution in [2.24, 2.45) is 0 Å². The zero-order valence-corrected chi connectivity index (χ0v) is 12.3. The maximum Gasteiger partial charge on any atom is 0.119 e. The monoisotopic (exact) mass is 295 g/mol. The first-order valence-corrected chi connectivity index (χ1v) is 7.01. The molecule has 104 valence electrons. The molecule has 3 aromatic rings. The summed E-state index contributed by atoms with van der Waals surface area (Å²) in [5, 5.41) is 0.646. The summed E-state index contributed by atoms with van der Waals surface area (Å²) in [6.45, 7) is 0. The van der Waals surface area contributed by atoms with Crippen molar-refractivity contribution in [3.8, 4) is 28.1 Å². The van der Waals surface area contributed by atoms with E-state index in [9.17, 15) is 0 Å². The van der Waals surface area contributed by atoms with E-state index in [4.69, 9.17) is 16.3 Å². The Labute approximate surface area is 129 Å². The van der Waals surface area contributed by atoms with Crippen LogP contribution >= 0.6 is 11.6 Å². The average molecular weight is 296 g/mol. The van der Waals surface area contributed by atoms with Crippen LogP contribution in [0.25, 0.3) is 22.4 Å². The van der Waals surface area contributed by atoms with Gasteiger partial charge in [0.1, 0.15) is 5.75 Å². The topological polar surface area (TPSA) is 22.1 Å². The van der Waals surface area contributed by atoms with E-state index in [0.717, 1.165) is 28.1 Å². The molecule has 21 heavy (non-hydrogen) atoms. The van der Waals surface area contributed by atoms with Crippen LogP contribution in [0, 0.1) is 0 Å². The molecule has 1 heterocycles. The number of aromatic nitrogens is 1. The van der Waals surface area contributed by atoms with Crippen molar-refractivity contribution in [3.63, 3.8) is 0 Å². The van der Waals surface area contributed by atoms with E-state index in [1.165, 1.54) is 0 Å². The average Bonchev–Trinajstić information content (AvgIpc) is 2.56. The minimum Gasteiger partial charge on any atom is -0.497 e. The molecule has 0 bridgehead atoms. The van der Waals surface area contributed by atoms with Crippen molar-refractivity contribution in [2.45, 2.75) is 0 Å². The SMILES string of the molecule is COc1cccc(-c2cc(-c3ccccc3)c(Cl)cn2)c1. The van der Waals surface area contributed by atoms with Gasteiger partial charge in [-0.05, 0) is 23.8 Å². The summed E-state index contributed by atoms with van der Waals surface area (Å²) in [5.74, 6) is 0.811. The Morgan fingerprint density at radius 2 is 1.67 bits per heavy atom. The molecule has 0 atom stereocenters. The van der Waals surface area contributed by atoms with Gasteiger partial charge in [-0.3, -0.25) is 4.98 Å². The van der Waals surface area contributed by atoms with Crippen molar-refractivity contribution in [2.75, 3.05) is 7.11 Å². The highest BCUT2D eigenvalue weighted by atomic mass is 35.5. The Kier molecular flexibility index (Phi) is 3.89. The fraction of sp³-hybridized carbons (Fsp3) is 0.0556. The molecule has 0 fully saturated rings. The van der Waals surface area contributed by atoms with Crippen LogP contribution < -0.4 is 4.74 Å². The predicted octanol–water partition coefficient (Wildman–Crippen LogP) is 5.08. The molecule has 0 aliphatic rings. The highest BCUT2D eigenvalue weighted by Gasteiger charge is 2.08. The standard InChI is InChI=1S/C18H14ClNO/c1-21-15-9-5-8-14(10-15)18-11-16(17(19)12-20-18)13-6-3-2-4-7-13/h2-12H,1H3. The Bertz CT molecular complexity index is 756. The molecule has 0 aliphatic carbocycles. The first-order valence-electron chi connectivity index (χ1n) is 6.63. The third-order valence-electron chi connectivity index (χ3n) is 3.31. The van der Waals surface area contributed by atoms with Crippen LogP contribution in [0.4, 0.5) is 0 Å². The zero-order valence-electron chi connectivity index (χ0n) is 11.6. The van der Waals surface area contributed by atoms with Gasteiger partial charge < -0.3 is 4.74 Å². The first-order chi connectivity index (χ1) is 10.3. The lowest BCUT2D eigenvalue weighted by atomic mass is 10.0. The van der Waals surface area contributed by atoms with Crippen molar-refractivity contribution < 1.29 is 4.74 Å². The quantitative estimate of drug-likeness (QED) is 0.672. The molecule has 0 N–H and O–H groups in total. The fourth-order valence-corrected chi connectivity index (χ4v) is 2.43. The molecule has 3 heteroatoms. The Hall–Kier alpha value is -2.32. The number of pyridine rings is 1. The van der Waals surface area contributed by atoms with Crippen molar-refractivity contribution in [1.29, 1.82) is 0 Å². The third-order valence-corrected chi connectivity index (χ3v) is 3.61. The van der Waals surface area contributed by atoms with Crippen LogP contribution in [0.2, 0.25) is 5.02 Å². The number of methoxy groups -OCH3 is 1. The van der Waals surface area contributed by atoms with E-state index in [0.29, 0.717) is 5.02 Å². The van der Waals surface area contributed by atoms with Crippen LogP contribution in [-0.4, -0.2) is 12.1 Å². The maximum absolute atomic E-state index is 6.29. The molecule has 0 saturated carbocycles. The van der Waals surface area contributed by atoms with E-state index >= 15 is 0 Å². The van der Waals surface area contributed by atoms with Gasteiger partial charge in [0.2, 0.25) is 0 Å². The highest BCUT2D eigenvalue weighted by Crippen LogP contribution is 2.31. The number of benzene rings is 2. The molecule has 0 spiro atoms. The minimum absolute atomic E-state index is 0.646. The molecular weight excluding hydrogens is 282 g/mol. The van der Waals surface area contributed by atoms with Gasteiger partial charge >= 0.3 is 0 Å². The van der Waals surface area contributed by atoms with Gasteiger partial charge in [0.05, 0.1) is 17.8 Å². The van der Waals surface area contributed by atoms with E-state index in [2.05, 4.69) is 4.98 Å². The highest BCUT2D eigenvalue weighted by molar-refractivity contribution is 6.33. The summed E-state index contributed by atoms with van der Waals surface area (Å²) < 4.78 is 5.26. The number of ether oxygens (including phenoxy) is 1. The molecule has 0 amide bonds. The van der Waals surface area contributed by atoms with Crippen LogP contribution in [0.5, 0.6) is 5.75 Å². The summed E-state index contributed by atoms with van der Waals surface area (Å²) in [4.78, 5) is 4.42. The van der Waals surface area contributed by atoms with Gasteiger partial charge in [-0.15, -0.1) is 0 Å². The summed E-state index contributed by atoms with van der Waals surface area (Å²) in [6, 6.07) is 19.9. The zero-order chi connectivity index (χ0) is 14.7. The number of rotatable bonds is 3. The second-order valence-corrected chi connectivity index (χ2v) is 5.05. The van der Waals surface area contributed by atoms with Crippen molar-refractivity contribution in [3.05, 3.63) is 71.9 Å². The normalized spacial score (nSPS) is 10.4. The summed E-state index contributed by atoms with van der Waals surface area (Å²) >= 11 is 6.29. The summed E-state index contributed by atoms with van der Waals surface area (Å²) in [5.41, 5.74) is 3.93. The van der Waals surface area contributed by atoms with Crippen LogP contribution in [0.3, 0.4) is 0 Å². The smallest absolute Gasteiger partial charge is 0.119 e. The Morgan fingerprint density at radius 3 is 2.43 bits per heavy atom. The van der Waals surface area contributed by atoms with Gasteiger partial charge in [-0.1, -0.05) is 54.1 Å². The van der Waals surface area contributed by atoms with Gasteiger partial charge in [0.25, 0.3) is 0 Å².